The molecule has 27 heavy (non-hydrogen) atoms. The average Bonchev–Trinajstić information content (AvgIpc) is 3.02. The lowest BCUT2D eigenvalue weighted by atomic mass is 10.1. The van der Waals surface area contributed by atoms with E-state index in [0.717, 1.165) is 27.5 Å². The molecule has 0 radical (unpaired) electrons. The summed E-state index contributed by atoms with van der Waals surface area (Å²) < 4.78 is 14.4. The Hall–Kier alpha value is -3.28. The Morgan fingerprint density at radius 3 is 2.44 bits per heavy atom. The van der Waals surface area contributed by atoms with Crippen LogP contribution in [0.1, 0.15) is 12.5 Å². The third kappa shape index (κ3) is 2.56. The monoisotopic (exact) mass is 363 g/mol. The lowest BCUT2D eigenvalue weighted by molar-refractivity contribution is 0.398. The summed E-state index contributed by atoms with van der Waals surface area (Å²) >= 11 is 0. The van der Waals surface area contributed by atoms with E-state index in [4.69, 9.17) is 9.47 Å². The van der Waals surface area contributed by atoms with Crippen LogP contribution < -0.4 is 15.0 Å². The molecule has 138 valence electrons. The molecule has 0 unspecified atom stereocenters. The molecular weight excluding hydrogens is 342 g/mol. The maximum Gasteiger partial charge on any atom is 0.296 e. The van der Waals surface area contributed by atoms with Gasteiger partial charge in [0.05, 0.1) is 37.0 Å². The number of aryl methyl sites for hydroxylation is 2. The normalized spacial score (nSPS) is 11.3. The van der Waals surface area contributed by atoms with Gasteiger partial charge in [-0.15, -0.1) is 0 Å². The second-order valence-corrected chi connectivity index (χ2v) is 6.43. The number of hydrogen-bond acceptors (Lipinski definition) is 4. The van der Waals surface area contributed by atoms with E-state index in [1.54, 1.807) is 20.4 Å². The van der Waals surface area contributed by atoms with E-state index in [0.29, 0.717) is 23.6 Å². The van der Waals surface area contributed by atoms with Gasteiger partial charge in [-0.1, -0.05) is 17.7 Å². The summed E-state index contributed by atoms with van der Waals surface area (Å²) in [7, 11) is 3.23. The molecule has 2 heterocycles. The summed E-state index contributed by atoms with van der Waals surface area (Å²) in [5, 5.41) is 6.07. The molecule has 0 saturated carbocycles. The predicted molar refractivity (Wildman–Crippen MR) is 106 cm³/mol. The molecule has 0 bridgehead atoms. The van der Waals surface area contributed by atoms with Crippen LogP contribution in [0.25, 0.3) is 27.5 Å². The molecule has 0 aliphatic rings. The molecule has 0 aliphatic heterocycles. The highest BCUT2D eigenvalue weighted by Gasteiger charge is 2.20. The first-order valence-electron chi connectivity index (χ1n) is 8.82. The molecule has 0 fully saturated rings. The van der Waals surface area contributed by atoms with Crippen molar-refractivity contribution in [2.24, 2.45) is 0 Å². The van der Waals surface area contributed by atoms with Crippen molar-refractivity contribution in [3.63, 3.8) is 0 Å². The van der Waals surface area contributed by atoms with Crippen molar-refractivity contribution < 1.29 is 9.47 Å². The molecule has 0 N–H and O–H groups in total. The van der Waals surface area contributed by atoms with E-state index in [-0.39, 0.29) is 5.56 Å². The predicted octanol–water partition coefficient (Wildman–Crippen LogP) is 3.69. The number of aromatic nitrogens is 3. The minimum absolute atomic E-state index is 0.157. The van der Waals surface area contributed by atoms with Crippen molar-refractivity contribution >= 4 is 21.8 Å². The topological polar surface area (TPSA) is 58.3 Å². The number of hydrogen-bond donors (Lipinski definition) is 0. The number of benzene rings is 2. The molecule has 0 aliphatic carbocycles. The van der Waals surface area contributed by atoms with Gasteiger partial charge in [0.2, 0.25) is 0 Å². The molecule has 2 aromatic heterocycles. The average molecular weight is 363 g/mol. The summed E-state index contributed by atoms with van der Waals surface area (Å²) in [4.78, 5) is 13.3. The van der Waals surface area contributed by atoms with Gasteiger partial charge in [-0.3, -0.25) is 4.79 Å². The van der Waals surface area contributed by atoms with Gasteiger partial charge in [0, 0.05) is 24.1 Å². The molecule has 0 atom stereocenters. The highest BCUT2D eigenvalue weighted by atomic mass is 16.5. The quantitative estimate of drug-likeness (QED) is 0.555. The highest BCUT2D eigenvalue weighted by Crippen LogP contribution is 2.37. The van der Waals surface area contributed by atoms with Gasteiger partial charge in [0.25, 0.3) is 5.56 Å². The summed E-state index contributed by atoms with van der Waals surface area (Å²) in [6.07, 6.45) is 1.74. The van der Waals surface area contributed by atoms with Gasteiger partial charge in [-0.2, -0.15) is 9.78 Å². The van der Waals surface area contributed by atoms with Crippen LogP contribution in [0.15, 0.2) is 47.4 Å². The van der Waals surface area contributed by atoms with Crippen molar-refractivity contribution in [3.8, 4) is 17.2 Å². The molecule has 0 saturated heterocycles. The van der Waals surface area contributed by atoms with Crippen molar-refractivity contribution in [2.75, 3.05) is 14.2 Å². The van der Waals surface area contributed by atoms with E-state index in [2.05, 4.69) is 5.10 Å². The lowest BCUT2D eigenvalue weighted by Gasteiger charge is -2.08. The van der Waals surface area contributed by atoms with Gasteiger partial charge >= 0.3 is 0 Å². The third-order valence-electron chi connectivity index (χ3n) is 4.89. The second-order valence-electron chi connectivity index (χ2n) is 6.43. The number of ether oxygens (including phenoxy) is 2. The Bertz CT molecular complexity index is 1200. The van der Waals surface area contributed by atoms with Gasteiger partial charge in [-0.05, 0) is 26.0 Å². The molecule has 6 nitrogen and oxygen atoms in total. The molecule has 2 aromatic carbocycles. The minimum atomic E-state index is -0.157. The molecular formula is C21H21N3O3. The SMILES string of the molecule is CCn1c2cc(OC)cc(OC)c2c2cnn(-c3ccc(C)cc3)c(=O)c21. The van der Waals surface area contributed by atoms with E-state index < -0.39 is 0 Å². The first kappa shape index (κ1) is 17.1. The smallest absolute Gasteiger partial charge is 0.296 e. The first-order chi connectivity index (χ1) is 13.1. The van der Waals surface area contributed by atoms with Gasteiger partial charge in [0.1, 0.15) is 17.0 Å². The molecule has 0 amide bonds. The van der Waals surface area contributed by atoms with Gasteiger partial charge in [-0.25, -0.2) is 0 Å². The van der Waals surface area contributed by atoms with Gasteiger partial charge < -0.3 is 14.0 Å². The zero-order chi connectivity index (χ0) is 19.1. The van der Waals surface area contributed by atoms with E-state index in [9.17, 15) is 4.79 Å². The summed E-state index contributed by atoms with van der Waals surface area (Å²) in [6, 6.07) is 11.5. The molecule has 6 heteroatoms. The maximum atomic E-state index is 13.3. The largest absolute Gasteiger partial charge is 0.497 e. The summed E-state index contributed by atoms with van der Waals surface area (Å²) in [6.45, 7) is 4.67. The van der Waals surface area contributed by atoms with Crippen molar-refractivity contribution in [3.05, 3.63) is 58.5 Å². The van der Waals surface area contributed by atoms with Crippen LogP contribution in [0.2, 0.25) is 0 Å². The van der Waals surface area contributed by atoms with E-state index in [1.807, 2.05) is 54.8 Å². The van der Waals surface area contributed by atoms with Crippen LogP contribution in [0.3, 0.4) is 0 Å². The molecule has 4 aromatic rings. The Kier molecular flexibility index (Phi) is 4.11. The number of methoxy groups -OCH3 is 2. The van der Waals surface area contributed by atoms with Crippen molar-refractivity contribution in [1.29, 1.82) is 0 Å². The number of rotatable bonds is 4. The van der Waals surface area contributed by atoms with Crippen LogP contribution in [0.4, 0.5) is 0 Å². The van der Waals surface area contributed by atoms with E-state index in [1.165, 1.54) is 4.68 Å². The Morgan fingerprint density at radius 2 is 1.81 bits per heavy atom. The number of nitrogens with zero attached hydrogens (tertiary/aromatic N) is 3. The molecule has 0 spiro atoms. The van der Waals surface area contributed by atoms with Crippen LogP contribution in [0, 0.1) is 6.92 Å². The lowest BCUT2D eigenvalue weighted by Crippen LogP contribution is -2.22. The molecule has 4 rings (SSSR count). The minimum Gasteiger partial charge on any atom is -0.497 e. The highest BCUT2D eigenvalue weighted by molar-refractivity contribution is 6.11. The van der Waals surface area contributed by atoms with Crippen LogP contribution >= 0.6 is 0 Å². The van der Waals surface area contributed by atoms with Crippen molar-refractivity contribution in [1.82, 2.24) is 14.3 Å². The standard InChI is InChI=1S/C21H21N3O3/c1-5-23-17-10-15(26-3)11-18(27-4)19(17)16-12-22-24(21(25)20(16)23)14-8-6-13(2)7-9-14/h6-12H,5H2,1-4H3. The Morgan fingerprint density at radius 1 is 1.07 bits per heavy atom. The first-order valence-corrected chi connectivity index (χ1v) is 8.82. The Labute approximate surface area is 156 Å². The van der Waals surface area contributed by atoms with Crippen molar-refractivity contribution in [2.45, 2.75) is 20.4 Å². The zero-order valence-electron chi connectivity index (χ0n) is 15.8. The van der Waals surface area contributed by atoms with Crippen LogP contribution in [0.5, 0.6) is 11.5 Å². The fourth-order valence-corrected chi connectivity index (χ4v) is 3.55. The van der Waals surface area contributed by atoms with Crippen LogP contribution in [-0.2, 0) is 6.54 Å². The second kappa shape index (κ2) is 6.46. The summed E-state index contributed by atoms with van der Waals surface area (Å²) in [5.41, 5.74) is 3.21. The maximum absolute atomic E-state index is 13.3. The fraction of sp³-hybridized carbons (Fsp3) is 0.238. The number of fused-ring (bicyclic) bond motifs is 3. The zero-order valence-corrected chi connectivity index (χ0v) is 15.8. The fourth-order valence-electron chi connectivity index (χ4n) is 3.55. The Balaban J connectivity index is 2.12. The summed E-state index contributed by atoms with van der Waals surface area (Å²) in [5.74, 6) is 1.35. The van der Waals surface area contributed by atoms with Crippen LogP contribution in [-0.4, -0.2) is 28.6 Å². The van der Waals surface area contributed by atoms with Gasteiger partial charge in [0.15, 0.2) is 0 Å². The third-order valence-corrected chi connectivity index (χ3v) is 4.89. The van der Waals surface area contributed by atoms with E-state index >= 15 is 0 Å².